The van der Waals surface area contributed by atoms with Gasteiger partial charge in [-0.05, 0) is 6.42 Å². The third-order valence-corrected chi connectivity index (χ3v) is 4.72. The van der Waals surface area contributed by atoms with E-state index < -0.39 is 25.0 Å². The molecule has 0 fully saturated rings. The minimum atomic E-state index is -4.44. The van der Waals surface area contributed by atoms with E-state index in [9.17, 15) is 16.8 Å². The summed E-state index contributed by atoms with van der Waals surface area (Å²) in [6, 6.07) is 0. The van der Waals surface area contributed by atoms with Crippen LogP contribution in [0.1, 0.15) is 6.42 Å². The van der Waals surface area contributed by atoms with Crippen molar-refractivity contribution < 1.29 is 21.4 Å². The zero-order valence-corrected chi connectivity index (χ0v) is 8.49. The number of alkyl halides is 1. The quantitative estimate of drug-likeness (QED) is 0.531. The Kier molecular flexibility index (Phi) is 4.46. The lowest BCUT2D eigenvalue weighted by molar-refractivity contribution is 0.487. The SMILES string of the molecule is O=S(=O)(O)CS(=O)(=O)CCCCl. The molecule has 1 N–H and O–H groups in total. The van der Waals surface area contributed by atoms with Gasteiger partial charge in [0.1, 0.15) is 0 Å². The van der Waals surface area contributed by atoms with Gasteiger partial charge in [-0.3, -0.25) is 4.55 Å². The van der Waals surface area contributed by atoms with Crippen molar-refractivity contribution in [2.45, 2.75) is 6.42 Å². The van der Waals surface area contributed by atoms with Gasteiger partial charge in [-0.1, -0.05) is 0 Å². The molecule has 8 heteroatoms. The topological polar surface area (TPSA) is 88.5 Å². The molecule has 0 bridgehead atoms. The van der Waals surface area contributed by atoms with Crippen LogP contribution in [0, 0.1) is 0 Å². The van der Waals surface area contributed by atoms with Crippen molar-refractivity contribution in [1.29, 1.82) is 0 Å². The second-order valence-corrected chi connectivity index (χ2v) is 6.57. The van der Waals surface area contributed by atoms with E-state index in [4.69, 9.17) is 16.2 Å². The van der Waals surface area contributed by atoms with Crippen LogP contribution >= 0.6 is 11.6 Å². The van der Waals surface area contributed by atoms with Crippen LogP contribution in [0.25, 0.3) is 0 Å². The molecular formula is C4H9ClO5S2. The Bertz CT molecular complexity index is 315. The molecule has 0 saturated carbocycles. The molecule has 0 atom stereocenters. The van der Waals surface area contributed by atoms with E-state index >= 15 is 0 Å². The summed E-state index contributed by atoms with van der Waals surface area (Å²) in [5.41, 5.74) is 0. The summed E-state index contributed by atoms with van der Waals surface area (Å²) < 4.78 is 50.1. The number of hydrogen-bond donors (Lipinski definition) is 1. The molecule has 0 aliphatic carbocycles. The number of rotatable bonds is 5. The highest BCUT2D eigenvalue weighted by Crippen LogP contribution is 1.99. The predicted molar refractivity (Wildman–Crippen MR) is 45.5 cm³/mol. The predicted octanol–water partition coefficient (Wildman–Crippen LogP) is -0.125. The van der Waals surface area contributed by atoms with Crippen molar-refractivity contribution >= 4 is 31.6 Å². The largest absolute Gasteiger partial charge is 0.285 e. The molecule has 0 unspecified atom stereocenters. The maximum atomic E-state index is 10.8. The average Bonchev–Trinajstić information content (AvgIpc) is 1.78. The van der Waals surface area contributed by atoms with Crippen LogP contribution in [0.4, 0.5) is 0 Å². The first-order valence-corrected chi connectivity index (χ1v) is 6.95. The fraction of sp³-hybridized carbons (Fsp3) is 1.00. The summed E-state index contributed by atoms with van der Waals surface area (Å²) in [5, 5.41) is -1.23. The molecule has 0 aromatic carbocycles. The first-order chi connectivity index (χ1) is 5.27. The minimum absolute atomic E-state index is 0.144. The first-order valence-electron chi connectivity index (χ1n) is 2.98. The molecular weight excluding hydrogens is 228 g/mol. The van der Waals surface area contributed by atoms with Crippen LogP contribution in [0.15, 0.2) is 0 Å². The van der Waals surface area contributed by atoms with Crippen molar-refractivity contribution in [2.24, 2.45) is 0 Å². The maximum absolute atomic E-state index is 10.8. The van der Waals surface area contributed by atoms with Gasteiger partial charge < -0.3 is 0 Å². The highest BCUT2D eigenvalue weighted by Gasteiger charge is 2.18. The Balaban J connectivity index is 4.26. The summed E-state index contributed by atoms with van der Waals surface area (Å²) in [6.45, 7) is 0. The summed E-state index contributed by atoms with van der Waals surface area (Å²) >= 11 is 5.20. The monoisotopic (exact) mass is 236 g/mol. The van der Waals surface area contributed by atoms with E-state index in [1.54, 1.807) is 0 Å². The van der Waals surface area contributed by atoms with Crippen molar-refractivity contribution in [3.8, 4) is 0 Å². The highest BCUT2D eigenvalue weighted by molar-refractivity contribution is 8.05. The number of sulfone groups is 1. The first kappa shape index (κ1) is 12.2. The Hall–Kier alpha value is 0.150. The van der Waals surface area contributed by atoms with E-state index in [2.05, 4.69) is 0 Å². The fourth-order valence-electron chi connectivity index (χ4n) is 0.560. The number of hydrogen-bond acceptors (Lipinski definition) is 4. The molecule has 0 saturated heterocycles. The lowest BCUT2D eigenvalue weighted by Crippen LogP contribution is -2.18. The van der Waals surface area contributed by atoms with Crippen LogP contribution in [-0.4, -0.2) is 38.1 Å². The van der Waals surface area contributed by atoms with Gasteiger partial charge in [0.25, 0.3) is 10.1 Å². The second kappa shape index (κ2) is 4.40. The van der Waals surface area contributed by atoms with Gasteiger partial charge in [0.15, 0.2) is 14.9 Å². The molecule has 5 nitrogen and oxygen atoms in total. The fourth-order valence-corrected chi connectivity index (χ4v) is 3.72. The summed E-state index contributed by atoms with van der Waals surface area (Å²) in [6.07, 6.45) is 0.180. The Morgan fingerprint density at radius 2 is 1.67 bits per heavy atom. The van der Waals surface area contributed by atoms with Crippen LogP contribution in [0.5, 0.6) is 0 Å². The summed E-state index contributed by atoms with van der Waals surface area (Å²) in [7, 11) is -8.17. The molecule has 0 radical (unpaired) electrons. The molecule has 0 aromatic heterocycles. The van der Waals surface area contributed by atoms with Crippen LogP contribution in [0.2, 0.25) is 0 Å². The van der Waals surface area contributed by atoms with Gasteiger partial charge >= 0.3 is 0 Å². The molecule has 0 amide bonds. The summed E-state index contributed by atoms with van der Waals surface area (Å²) in [4.78, 5) is 0. The van der Waals surface area contributed by atoms with Crippen molar-refractivity contribution in [2.75, 3.05) is 16.7 Å². The van der Waals surface area contributed by atoms with Gasteiger partial charge in [-0.15, -0.1) is 11.6 Å². The molecule has 74 valence electrons. The van der Waals surface area contributed by atoms with Gasteiger partial charge in [-0.2, -0.15) is 8.42 Å². The third-order valence-electron chi connectivity index (χ3n) is 0.917. The smallest absolute Gasteiger partial charge is 0.279 e. The molecule has 0 rings (SSSR count). The Morgan fingerprint density at radius 1 is 1.17 bits per heavy atom. The molecule has 0 aliphatic rings. The lowest BCUT2D eigenvalue weighted by atomic mass is 10.6. The lowest BCUT2D eigenvalue weighted by Gasteiger charge is -1.98. The van der Waals surface area contributed by atoms with Crippen molar-refractivity contribution in [3.05, 3.63) is 0 Å². The zero-order valence-electron chi connectivity index (χ0n) is 6.10. The summed E-state index contributed by atoms with van der Waals surface area (Å²) in [5.74, 6) is -0.180. The van der Waals surface area contributed by atoms with E-state index in [0.29, 0.717) is 0 Å². The third kappa shape index (κ3) is 6.84. The highest BCUT2D eigenvalue weighted by atomic mass is 35.5. The minimum Gasteiger partial charge on any atom is -0.285 e. The standard InChI is InChI=1S/C4H9ClO5S2/c5-2-1-3-11(6,7)4-12(8,9)10/h1-4H2,(H,8,9,10). The van der Waals surface area contributed by atoms with E-state index in [-0.39, 0.29) is 18.1 Å². The normalized spacial score (nSPS) is 13.2. The molecule has 0 aliphatic heterocycles. The average molecular weight is 237 g/mol. The maximum Gasteiger partial charge on any atom is 0.279 e. The van der Waals surface area contributed by atoms with E-state index in [1.165, 1.54) is 0 Å². The zero-order chi connectivity index (χ0) is 9.83. The molecule has 0 aromatic rings. The molecule has 0 heterocycles. The second-order valence-electron chi connectivity index (χ2n) is 2.19. The Morgan fingerprint density at radius 3 is 2.00 bits per heavy atom. The molecule has 0 spiro atoms. The van der Waals surface area contributed by atoms with Gasteiger partial charge in [0.2, 0.25) is 0 Å². The van der Waals surface area contributed by atoms with Gasteiger partial charge in [0.05, 0.1) is 5.75 Å². The molecule has 12 heavy (non-hydrogen) atoms. The van der Waals surface area contributed by atoms with E-state index in [0.717, 1.165) is 0 Å². The van der Waals surface area contributed by atoms with Crippen molar-refractivity contribution in [3.63, 3.8) is 0 Å². The van der Waals surface area contributed by atoms with Crippen LogP contribution in [0.3, 0.4) is 0 Å². The number of halogens is 1. The van der Waals surface area contributed by atoms with Crippen LogP contribution < -0.4 is 0 Å². The van der Waals surface area contributed by atoms with Gasteiger partial charge in [0, 0.05) is 5.88 Å². The van der Waals surface area contributed by atoms with Crippen molar-refractivity contribution in [1.82, 2.24) is 0 Å². The van der Waals surface area contributed by atoms with Gasteiger partial charge in [-0.25, -0.2) is 8.42 Å². The van der Waals surface area contributed by atoms with Crippen LogP contribution in [-0.2, 0) is 20.0 Å². The Labute approximate surface area is 76.4 Å². The van der Waals surface area contributed by atoms with E-state index in [1.807, 2.05) is 0 Å².